The van der Waals surface area contributed by atoms with Crippen LogP contribution in [0.2, 0.25) is 0 Å². The van der Waals surface area contributed by atoms with Gasteiger partial charge in [0.05, 0.1) is 5.39 Å². The van der Waals surface area contributed by atoms with E-state index < -0.39 is 0 Å². The molecule has 0 unspecified atom stereocenters. The van der Waals surface area contributed by atoms with Crippen molar-refractivity contribution in [1.82, 2.24) is 14.9 Å². The molecule has 0 radical (unpaired) electrons. The predicted molar refractivity (Wildman–Crippen MR) is 131 cm³/mol. The lowest BCUT2D eigenvalue weighted by atomic mass is 10.1. The first-order valence-electron chi connectivity index (χ1n) is 10.7. The Morgan fingerprint density at radius 1 is 1.06 bits per heavy atom. The van der Waals surface area contributed by atoms with Gasteiger partial charge in [0, 0.05) is 36.7 Å². The highest BCUT2D eigenvalue weighted by Crippen LogP contribution is 2.37. The molecule has 0 aliphatic carbocycles. The first-order valence-corrected chi connectivity index (χ1v) is 11.5. The average molecular weight is 463 g/mol. The summed E-state index contributed by atoms with van der Waals surface area (Å²) in [7, 11) is 0. The van der Waals surface area contributed by atoms with Crippen molar-refractivity contribution in [3.63, 3.8) is 0 Å². The number of fused-ring (bicyclic) bond motifs is 1. The third-order valence-electron chi connectivity index (χ3n) is 5.65. The number of nitrogens with two attached hydrogens (primary N) is 1. The molecule has 9 heteroatoms. The fourth-order valence-corrected chi connectivity index (χ4v) is 5.00. The van der Waals surface area contributed by atoms with Crippen LogP contribution in [-0.2, 0) is 0 Å². The van der Waals surface area contributed by atoms with Crippen LogP contribution in [-0.4, -0.2) is 47.1 Å². The Kier molecular flexibility index (Phi) is 5.55. The number of nitrogens with one attached hydrogen (secondary N) is 1. The standard InChI is InChI=1S/C24H23FN6OS/c1-15-3-2-4-18(13-15)27-24(32)31-11-9-30(10-12-31)21-19-14-20(16-5-7-17(25)8-6-16)33-22(19)29-23(26)28-21/h2-8,13-14H,9-12H2,1H3,(H,27,32)(H2,26,28,29). The van der Waals surface area contributed by atoms with E-state index in [0.717, 1.165) is 37.7 Å². The number of urea groups is 1. The summed E-state index contributed by atoms with van der Waals surface area (Å²) in [6.07, 6.45) is 0. The van der Waals surface area contributed by atoms with E-state index in [2.05, 4.69) is 20.2 Å². The van der Waals surface area contributed by atoms with E-state index >= 15 is 0 Å². The van der Waals surface area contributed by atoms with Crippen molar-refractivity contribution in [3.8, 4) is 10.4 Å². The summed E-state index contributed by atoms with van der Waals surface area (Å²) in [6, 6.07) is 16.1. The second-order valence-corrected chi connectivity index (χ2v) is 9.05. The van der Waals surface area contributed by atoms with Crippen LogP contribution in [0.15, 0.2) is 54.6 Å². The molecule has 1 aliphatic heterocycles. The quantitative estimate of drug-likeness (QED) is 0.459. The Bertz CT molecular complexity index is 1310. The molecular formula is C24H23FN6OS. The number of halogens is 1. The van der Waals surface area contributed by atoms with Gasteiger partial charge in [0.1, 0.15) is 16.5 Å². The fraction of sp³-hybridized carbons (Fsp3) is 0.208. The van der Waals surface area contributed by atoms with Gasteiger partial charge in [0.15, 0.2) is 0 Å². The SMILES string of the molecule is Cc1cccc(NC(=O)N2CCN(c3nc(N)nc4sc(-c5ccc(F)cc5)cc34)CC2)c1. The lowest BCUT2D eigenvalue weighted by Gasteiger charge is -2.35. The number of nitrogen functional groups attached to an aromatic ring is 1. The number of aromatic nitrogens is 2. The molecule has 4 aromatic rings. The summed E-state index contributed by atoms with van der Waals surface area (Å²) < 4.78 is 13.3. The summed E-state index contributed by atoms with van der Waals surface area (Å²) in [5.41, 5.74) is 8.81. The van der Waals surface area contributed by atoms with Crippen LogP contribution < -0.4 is 16.0 Å². The molecule has 0 atom stereocenters. The highest BCUT2D eigenvalue weighted by molar-refractivity contribution is 7.22. The minimum atomic E-state index is -0.270. The smallest absolute Gasteiger partial charge is 0.321 e. The van der Waals surface area contributed by atoms with Crippen LogP contribution in [0, 0.1) is 12.7 Å². The number of anilines is 3. The summed E-state index contributed by atoms with van der Waals surface area (Å²) in [4.78, 5) is 27.3. The Morgan fingerprint density at radius 2 is 1.82 bits per heavy atom. The highest BCUT2D eigenvalue weighted by atomic mass is 32.1. The molecule has 0 bridgehead atoms. The van der Waals surface area contributed by atoms with Crippen molar-refractivity contribution >= 4 is 45.0 Å². The fourth-order valence-electron chi connectivity index (χ4n) is 3.97. The van der Waals surface area contributed by atoms with E-state index in [1.165, 1.54) is 23.5 Å². The van der Waals surface area contributed by atoms with Crippen molar-refractivity contribution in [2.75, 3.05) is 42.1 Å². The molecule has 1 fully saturated rings. The first-order chi connectivity index (χ1) is 16.0. The Labute approximate surface area is 194 Å². The molecule has 0 spiro atoms. The Hall–Kier alpha value is -3.72. The molecule has 7 nitrogen and oxygen atoms in total. The molecular weight excluding hydrogens is 439 g/mol. The largest absolute Gasteiger partial charge is 0.368 e. The number of hydrogen-bond donors (Lipinski definition) is 2. The van der Waals surface area contributed by atoms with Crippen LogP contribution in [0.5, 0.6) is 0 Å². The third-order valence-corrected chi connectivity index (χ3v) is 6.73. The van der Waals surface area contributed by atoms with E-state index in [4.69, 9.17) is 5.73 Å². The van der Waals surface area contributed by atoms with Gasteiger partial charge in [-0.05, 0) is 48.4 Å². The minimum Gasteiger partial charge on any atom is -0.368 e. The zero-order chi connectivity index (χ0) is 22.9. The number of amides is 2. The normalized spacial score (nSPS) is 14.0. The van der Waals surface area contributed by atoms with Crippen molar-refractivity contribution in [2.24, 2.45) is 0 Å². The predicted octanol–water partition coefficient (Wildman–Crippen LogP) is 4.74. The first kappa shape index (κ1) is 21.1. The van der Waals surface area contributed by atoms with Crippen molar-refractivity contribution in [1.29, 1.82) is 0 Å². The van der Waals surface area contributed by atoms with E-state index in [0.29, 0.717) is 26.2 Å². The van der Waals surface area contributed by atoms with Gasteiger partial charge in [-0.15, -0.1) is 11.3 Å². The number of hydrogen-bond acceptors (Lipinski definition) is 6. The maximum Gasteiger partial charge on any atom is 0.321 e. The molecule has 2 amide bonds. The zero-order valence-electron chi connectivity index (χ0n) is 18.1. The van der Waals surface area contributed by atoms with Gasteiger partial charge in [-0.25, -0.2) is 14.2 Å². The van der Waals surface area contributed by atoms with E-state index in [9.17, 15) is 9.18 Å². The van der Waals surface area contributed by atoms with Crippen LogP contribution in [0.25, 0.3) is 20.7 Å². The summed E-state index contributed by atoms with van der Waals surface area (Å²) in [5, 5.41) is 3.88. The molecule has 0 saturated carbocycles. The molecule has 1 saturated heterocycles. The van der Waals surface area contributed by atoms with Gasteiger partial charge in [0.2, 0.25) is 5.95 Å². The molecule has 3 heterocycles. The molecule has 3 N–H and O–H groups in total. The van der Waals surface area contributed by atoms with Crippen molar-refractivity contribution in [2.45, 2.75) is 6.92 Å². The summed E-state index contributed by atoms with van der Waals surface area (Å²) in [5.74, 6) is 0.708. The third kappa shape index (κ3) is 4.45. The molecule has 2 aromatic heterocycles. The number of piperazine rings is 1. The molecule has 1 aliphatic rings. The number of rotatable bonds is 3. The van der Waals surface area contributed by atoms with Crippen LogP contribution in [0.1, 0.15) is 5.56 Å². The molecule has 33 heavy (non-hydrogen) atoms. The van der Waals surface area contributed by atoms with E-state index in [-0.39, 0.29) is 17.8 Å². The lowest BCUT2D eigenvalue weighted by molar-refractivity contribution is 0.208. The van der Waals surface area contributed by atoms with Gasteiger partial charge in [-0.2, -0.15) is 4.98 Å². The second kappa shape index (κ2) is 8.67. The van der Waals surface area contributed by atoms with Crippen LogP contribution in [0.4, 0.5) is 26.6 Å². The number of benzene rings is 2. The maximum atomic E-state index is 13.3. The lowest BCUT2D eigenvalue weighted by Crippen LogP contribution is -2.50. The topological polar surface area (TPSA) is 87.4 Å². The summed E-state index contributed by atoms with van der Waals surface area (Å²) >= 11 is 1.50. The van der Waals surface area contributed by atoms with Crippen molar-refractivity contribution in [3.05, 3.63) is 66.0 Å². The molecule has 168 valence electrons. The average Bonchev–Trinajstić information content (AvgIpc) is 3.23. The number of nitrogens with zero attached hydrogens (tertiary/aromatic N) is 4. The molecule has 2 aromatic carbocycles. The van der Waals surface area contributed by atoms with Crippen molar-refractivity contribution < 1.29 is 9.18 Å². The number of aryl methyl sites for hydroxylation is 1. The van der Waals surface area contributed by atoms with E-state index in [1.807, 2.05) is 37.3 Å². The monoisotopic (exact) mass is 462 g/mol. The van der Waals surface area contributed by atoms with Gasteiger partial charge in [-0.1, -0.05) is 24.3 Å². The van der Waals surface area contributed by atoms with E-state index in [1.54, 1.807) is 17.0 Å². The van der Waals surface area contributed by atoms with Crippen LogP contribution in [0.3, 0.4) is 0 Å². The Balaban J connectivity index is 1.33. The maximum absolute atomic E-state index is 13.3. The van der Waals surface area contributed by atoms with Gasteiger partial charge in [-0.3, -0.25) is 0 Å². The van der Waals surface area contributed by atoms with Crippen LogP contribution >= 0.6 is 11.3 Å². The number of thiophene rings is 1. The van der Waals surface area contributed by atoms with Gasteiger partial charge in [0.25, 0.3) is 0 Å². The Morgan fingerprint density at radius 3 is 2.55 bits per heavy atom. The number of carbonyl (C=O) groups is 1. The van der Waals surface area contributed by atoms with Gasteiger partial charge < -0.3 is 20.9 Å². The molecule has 5 rings (SSSR count). The number of carbonyl (C=O) groups excluding carboxylic acids is 1. The van der Waals surface area contributed by atoms with Gasteiger partial charge >= 0.3 is 6.03 Å². The highest BCUT2D eigenvalue weighted by Gasteiger charge is 2.24. The minimum absolute atomic E-state index is 0.110. The summed E-state index contributed by atoms with van der Waals surface area (Å²) in [6.45, 7) is 4.40. The zero-order valence-corrected chi connectivity index (χ0v) is 18.9. The second-order valence-electron chi connectivity index (χ2n) is 8.02.